The van der Waals surface area contributed by atoms with Gasteiger partial charge in [0.05, 0.1) is 18.7 Å². The quantitative estimate of drug-likeness (QED) is 0.584. The lowest BCUT2D eigenvalue weighted by Crippen LogP contribution is -2.49. The molecule has 3 aromatic rings. The van der Waals surface area contributed by atoms with Gasteiger partial charge in [-0.05, 0) is 29.8 Å². The zero-order valence-corrected chi connectivity index (χ0v) is 17.9. The van der Waals surface area contributed by atoms with Crippen LogP contribution in [-0.4, -0.2) is 54.6 Å². The van der Waals surface area contributed by atoms with Crippen LogP contribution in [0.5, 0.6) is 0 Å². The van der Waals surface area contributed by atoms with E-state index < -0.39 is 5.97 Å². The molecule has 1 fully saturated rings. The number of nitriles is 1. The van der Waals surface area contributed by atoms with Crippen LogP contribution in [0.4, 0.5) is 5.69 Å². The summed E-state index contributed by atoms with van der Waals surface area (Å²) in [6, 6.07) is 21.2. The van der Waals surface area contributed by atoms with Gasteiger partial charge in [-0.15, -0.1) is 0 Å². The van der Waals surface area contributed by atoms with Crippen molar-refractivity contribution < 1.29 is 14.3 Å². The van der Waals surface area contributed by atoms with Gasteiger partial charge in [-0.3, -0.25) is 9.59 Å². The highest BCUT2D eigenvalue weighted by Gasteiger charge is 2.27. The molecule has 1 aliphatic heterocycles. The summed E-state index contributed by atoms with van der Waals surface area (Å²) in [5, 5.41) is 9.15. The Kier molecular flexibility index (Phi) is 6.22. The molecule has 1 aromatic heterocycles. The van der Waals surface area contributed by atoms with Gasteiger partial charge in [0.1, 0.15) is 12.2 Å². The molecule has 2 heterocycles. The third kappa shape index (κ3) is 4.35. The number of amides is 1. The molecule has 4 rings (SSSR count). The van der Waals surface area contributed by atoms with Crippen molar-refractivity contribution in [2.75, 3.05) is 38.2 Å². The topological polar surface area (TPSA) is 78.6 Å². The molecule has 2 aromatic carbocycles. The lowest BCUT2D eigenvalue weighted by atomic mass is 10.1. The van der Waals surface area contributed by atoms with Gasteiger partial charge in [0, 0.05) is 43.6 Å². The van der Waals surface area contributed by atoms with Crippen LogP contribution in [-0.2, 0) is 16.1 Å². The van der Waals surface area contributed by atoms with Crippen LogP contribution in [0.2, 0.25) is 0 Å². The summed E-state index contributed by atoms with van der Waals surface area (Å²) in [6.45, 7) is 2.41. The molecule has 0 N–H and O–H groups in total. The summed E-state index contributed by atoms with van der Waals surface area (Å²) < 4.78 is 6.48. The number of benzene rings is 2. The van der Waals surface area contributed by atoms with Crippen molar-refractivity contribution in [1.82, 2.24) is 9.47 Å². The molecule has 0 unspecified atom stereocenters. The molecular weight excluding hydrogens is 404 g/mol. The van der Waals surface area contributed by atoms with Gasteiger partial charge in [-0.1, -0.05) is 36.4 Å². The predicted molar refractivity (Wildman–Crippen MR) is 121 cm³/mol. The summed E-state index contributed by atoms with van der Waals surface area (Å²) in [6.07, 6.45) is 1.76. The van der Waals surface area contributed by atoms with Gasteiger partial charge in [0.25, 0.3) is 5.91 Å². The Morgan fingerprint density at radius 1 is 1.00 bits per heavy atom. The third-order valence-electron chi connectivity index (χ3n) is 5.69. The van der Waals surface area contributed by atoms with Crippen LogP contribution in [0.1, 0.15) is 16.1 Å². The Bertz CT molecular complexity index is 1160. The van der Waals surface area contributed by atoms with Crippen LogP contribution >= 0.6 is 0 Å². The van der Waals surface area contributed by atoms with E-state index >= 15 is 0 Å². The van der Waals surface area contributed by atoms with Gasteiger partial charge in [0.2, 0.25) is 0 Å². The summed E-state index contributed by atoms with van der Waals surface area (Å²) in [5.41, 5.74) is 3.81. The van der Waals surface area contributed by atoms with Gasteiger partial charge in [0.15, 0.2) is 0 Å². The monoisotopic (exact) mass is 428 g/mol. The SMILES string of the molecule is COC(=O)Cn1ccc(-c2ccccc2)c1C(=O)N1CCN(c2cccc(C#N)c2)CC1. The fraction of sp³-hybridized carbons (Fsp3) is 0.240. The Hall–Kier alpha value is -4.05. The first kappa shape index (κ1) is 21.2. The Morgan fingerprint density at radius 3 is 2.44 bits per heavy atom. The average Bonchev–Trinajstić information content (AvgIpc) is 3.27. The van der Waals surface area contributed by atoms with E-state index in [1.807, 2.05) is 59.5 Å². The average molecular weight is 428 g/mol. The minimum Gasteiger partial charge on any atom is -0.468 e. The molecule has 7 heteroatoms. The van der Waals surface area contributed by atoms with E-state index in [2.05, 4.69) is 11.0 Å². The Balaban J connectivity index is 1.57. The zero-order valence-electron chi connectivity index (χ0n) is 17.9. The van der Waals surface area contributed by atoms with E-state index in [9.17, 15) is 9.59 Å². The van der Waals surface area contributed by atoms with Gasteiger partial charge < -0.3 is 19.1 Å². The lowest BCUT2D eigenvalue weighted by molar-refractivity contribution is -0.141. The van der Waals surface area contributed by atoms with E-state index in [1.165, 1.54) is 7.11 Å². The van der Waals surface area contributed by atoms with Gasteiger partial charge in [-0.25, -0.2) is 0 Å². The number of anilines is 1. The molecule has 0 spiro atoms. The predicted octanol–water partition coefficient (Wildman–Crippen LogP) is 3.16. The van der Waals surface area contributed by atoms with Crippen molar-refractivity contribution in [1.29, 1.82) is 5.26 Å². The molecule has 162 valence electrons. The fourth-order valence-corrected chi connectivity index (χ4v) is 3.99. The smallest absolute Gasteiger partial charge is 0.325 e. The molecule has 32 heavy (non-hydrogen) atoms. The number of ether oxygens (including phenoxy) is 1. The maximum atomic E-state index is 13.6. The molecule has 0 atom stereocenters. The first-order valence-corrected chi connectivity index (χ1v) is 10.5. The van der Waals surface area contributed by atoms with E-state index in [0.29, 0.717) is 37.4 Å². The van der Waals surface area contributed by atoms with Crippen LogP contribution in [0, 0.1) is 11.3 Å². The van der Waals surface area contributed by atoms with Crippen molar-refractivity contribution in [3.8, 4) is 17.2 Å². The molecule has 0 bridgehead atoms. The van der Waals surface area contributed by atoms with E-state index in [-0.39, 0.29) is 12.5 Å². The van der Waals surface area contributed by atoms with Crippen LogP contribution in [0.25, 0.3) is 11.1 Å². The number of carbonyl (C=O) groups excluding carboxylic acids is 2. The van der Waals surface area contributed by atoms with Crippen molar-refractivity contribution in [3.05, 3.63) is 78.1 Å². The Labute approximate surface area is 187 Å². The van der Waals surface area contributed by atoms with Gasteiger partial charge >= 0.3 is 5.97 Å². The third-order valence-corrected chi connectivity index (χ3v) is 5.69. The maximum absolute atomic E-state index is 13.6. The van der Waals surface area contributed by atoms with Crippen molar-refractivity contribution in [3.63, 3.8) is 0 Å². The summed E-state index contributed by atoms with van der Waals surface area (Å²) >= 11 is 0. The molecule has 1 aliphatic rings. The molecule has 7 nitrogen and oxygen atoms in total. The van der Waals surface area contributed by atoms with Crippen LogP contribution in [0.15, 0.2) is 66.9 Å². The number of methoxy groups -OCH3 is 1. The largest absolute Gasteiger partial charge is 0.468 e. The van der Waals surface area contributed by atoms with E-state index in [0.717, 1.165) is 16.8 Å². The second-order valence-corrected chi connectivity index (χ2v) is 7.59. The highest BCUT2D eigenvalue weighted by atomic mass is 16.5. The minimum atomic E-state index is -0.406. The number of carbonyl (C=O) groups is 2. The van der Waals surface area contributed by atoms with Crippen molar-refractivity contribution in [2.45, 2.75) is 6.54 Å². The first-order valence-electron chi connectivity index (χ1n) is 10.5. The first-order chi connectivity index (χ1) is 15.6. The molecule has 0 saturated carbocycles. The highest BCUT2D eigenvalue weighted by Crippen LogP contribution is 2.27. The van der Waals surface area contributed by atoms with Crippen LogP contribution < -0.4 is 4.90 Å². The zero-order chi connectivity index (χ0) is 22.5. The fourth-order valence-electron chi connectivity index (χ4n) is 3.99. The van der Waals surface area contributed by atoms with E-state index in [4.69, 9.17) is 10.00 Å². The number of nitrogens with zero attached hydrogens (tertiary/aromatic N) is 4. The number of aromatic nitrogens is 1. The second kappa shape index (κ2) is 9.40. The van der Waals surface area contributed by atoms with Gasteiger partial charge in [-0.2, -0.15) is 5.26 Å². The lowest BCUT2D eigenvalue weighted by Gasteiger charge is -2.36. The number of piperazine rings is 1. The Morgan fingerprint density at radius 2 is 1.75 bits per heavy atom. The van der Waals surface area contributed by atoms with Crippen molar-refractivity contribution in [2.24, 2.45) is 0 Å². The second-order valence-electron chi connectivity index (χ2n) is 7.59. The molecular formula is C25H24N4O3. The van der Waals surface area contributed by atoms with Crippen LogP contribution in [0.3, 0.4) is 0 Å². The molecule has 0 radical (unpaired) electrons. The number of hydrogen-bond acceptors (Lipinski definition) is 5. The summed E-state index contributed by atoms with van der Waals surface area (Å²) in [5.74, 6) is -0.514. The standard InChI is InChI=1S/C25H24N4O3/c1-32-23(30)18-29-11-10-22(20-7-3-2-4-8-20)24(29)25(31)28-14-12-27(13-15-28)21-9-5-6-19(16-21)17-26/h2-11,16H,12-15,18H2,1H3. The van der Waals surface area contributed by atoms with Crippen molar-refractivity contribution >= 4 is 17.6 Å². The molecule has 0 aliphatic carbocycles. The number of esters is 1. The highest BCUT2D eigenvalue weighted by molar-refractivity contribution is 6.00. The van der Waals surface area contributed by atoms with E-state index in [1.54, 1.807) is 16.8 Å². The minimum absolute atomic E-state index is 0.0225. The normalized spacial score (nSPS) is 13.5. The maximum Gasteiger partial charge on any atom is 0.325 e. The number of rotatable bonds is 5. The number of hydrogen-bond donors (Lipinski definition) is 0. The molecule has 1 saturated heterocycles. The molecule has 1 amide bonds. The summed E-state index contributed by atoms with van der Waals surface area (Å²) in [4.78, 5) is 29.5. The summed E-state index contributed by atoms with van der Waals surface area (Å²) in [7, 11) is 1.34.